The molecule has 1 heterocycles. The monoisotopic (exact) mass is 240 g/mol. The molecule has 1 amide bonds. The second-order valence-corrected chi connectivity index (χ2v) is 4.97. The summed E-state index contributed by atoms with van der Waals surface area (Å²) < 4.78 is 0. The molecule has 0 spiro atoms. The van der Waals surface area contributed by atoms with Crippen molar-refractivity contribution < 1.29 is 4.79 Å². The van der Waals surface area contributed by atoms with Crippen LogP contribution in [0.1, 0.15) is 38.1 Å². The third kappa shape index (κ3) is 2.95. The van der Waals surface area contributed by atoms with Crippen LogP contribution in [-0.4, -0.2) is 27.9 Å². The normalized spacial score (nSPS) is 11.3. The van der Waals surface area contributed by atoms with Crippen LogP contribution in [0.3, 0.4) is 0 Å². The molecule has 3 nitrogen and oxygen atoms in total. The van der Waals surface area contributed by atoms with E-state index in [-0.39, 0.29) is 11.4 Å². The van der Waals surface area contributed by atoms with E-state index in [4.69, 9.17) is 11.6 Å². The number of hydrogen-bond acceptors (Lipinski definition) is 2. The zero-order chi connectivity index (χ0) is 12.3. The van der Waals surface area contributed by atoms with Gasteiger partial charge in [-0.1, -0.05) is 11.6 Å². The summed E-state index contributed by atoms with van der Waals surface area (Å²) in [6, 6.07) is 3.28. The van der Waals surface area contributed by atoms with Crippen LogP contribution < -0.4 is 0 Å². The molecule has 1 aromatic rings. The molecule has 1 aromatic heterocycles. The van der Waals surface area contributed by atoms with E-state index in [1.165, 1.54) is 0 Å². The molecule has 0 saturated carbocycles. The van der Waals surface area contributed by atoms with E-state index in [0.29, 0.717) is 17.3 Å². The number of pyridine rings is 1. The number of carbonyl (C=O) groups excluding carboxylic acids is 1. The van der Waals surface area contributed by atoms with E-state index in [9.17, 15) is 4.79 Å². The molecule has 0 N–H and O–H groups in total. The van der Waals surface area contributed by atoms with Gasteiger partial charge in [0.05, 0.1) is 0 Å². The Hall–Kier alpha value is -1.09. The maximum Gasteiger partial charge on any atom is 0.254 e. The summed E-state index contributed by atoms with van der Waals surface area (Å²) in [4.78, 5) is 17.9. The minimum Gasteiger partial charge on any atom is -0.334 e. The molecular formula is C12H17ClN2O. The Morgan fingerprint density at radius 3 is 2.56 bits per heavy atom. The number of hydrogen-bond donors (Lipinski definition) is 0. The quantitative estimate of drug-likeness (QED) is 0.745. The second-order valence-electron chi connectivity index (χ2n) is 4.59. The predicted molar refractivity (Wildman–Crippen MR) is 65.7 cm³/mol. The van der Waals surface area contributed by atoms with Gasteiger partial charge in [0.15, 0.2) is 0 Å². The SMILES string of the molecule is CCN(C(=O)c1ccnc(Cl)c1)C(C)(C)C. The van der Waals surface area contributed by atoms with E-state index in [1.54, 1.807) is 23.2 Å². The van der Waals surface area contributed by atoms with Gasteiger partial charge in [-0.05, 0) is 39.8 Å². The maximum absolute atomic E-state index is 12.2. The molecule has 16 heavy (non-hydrogen) atoms. The summed E-state index contributed by atoms with van der Waals surface area (Å²) in [5, 5.41) is 0.343. The summed E-state index contributed by atoms with van der Waals surface area (Å²) in [6.45, 7) is 8.67. The van der Waals surface area contributed by atoms with Crippen molar-refractivity contribution >= 4 is 17.5 Å². The Kier molecular flexibility index (Phi) is 3.92. The average Bonchev–Trinajstić information content (AvgIpc) is 2.16. The van der Waals surface area contributed by atoms with Gasteiger partial charge in [-0.15, -0.1) is 0 Å². The number of nitrogens with zero attached hydrogens (tertiary/aromatic N) is 2. The highest BCUT2D eigenvalue weighted by Crippen LogP contribution is 2.17. The molecule has 0 aliphatic rings. The first-order chi connectivity index (χ1) is 7.36. The summed E-state index contributed by atoms with van der Waals surface area (Å²) in [7, 11) is 0. The lowest BCUT2D eigenvalue weighted by Gasteiger charge is -2.34. The van der Waals surface area contributed by atoms with Gasteiger partial charge < -0.3 is 4.90 Å². The highest BCUT2D eigenvalue weighted by atomic mass is 35.5. The fraction of sp³-hybridized carbons (Fsp3) is 0.500. The van der Waals surface area contributed by atoms with Gasteiger partial charge >= 0.3 is 0 Å². The maximum atomic E-state index is 12.2. The zero-order valence-electron chi connectivity index (χ0n) is 10.1. The molecule has 0 fully saturated rings. The molecule has 1 rings (SSSR count). The fourth-order valence-corrected chi connectivity index (χ4v) is 1.79. The van der Waals surface area contributed by atoms with Crippen molar-refractivity contribution in [2.75, 3.05) is 6.54 Å². The van der Waals surface area contributed by atoms with Crippen LogP contribution in [0.15, 0.2) is 18.3 Å². The Bertz CT molecular complexity index is 385. The van der Waals surface area contributed by atoms with E-state index in [2.05, 4.69) is 4.98 Å². The third-order valence-corrected chi connectivity index (χ3v) is 2.55. The lowest BCUT2D eigenvalue weighted by molar-refractivity contribution is 0.0599. The molecule has 4 heteroatoms. The largest absolute Gasteiger partial charge is 0.334 e. The Morgan fingerprint density at radius 1 is 1.50 bits per heavy atom. The van der Waals surface area contributed by atoms with Gasteiger partial charge in [-0.2, -0.15) is 0 Å². The molecule has 0 unspecified atom stereocenters. The summed E-state index contributed by atoms with van der Waals surface area (Å²) >= 11 is 5.77. The van der Waals surface area contributed by atoms with E-state index < -0.39 is 0 Å². The van der Waals surface area contributed by atoms with Gasteiger partial charge in [0.1, 0.15) is 5.15 Å². The first-order valence-electron chi connectivity index (χ1n) is 5.29. The molecule has 0 saturated heterocycles. The second kappa shape index (κ2) is 4.83. The van der Waals surface area contributed by atoms with Crippen molar-refractivity contribution in [3.05, 3.63) is 29.0 Å². The average molecular weight is 241 g/mol. The Labute approximate surface area is 101 Å². The number of rotatable bonds is 2. The minimum absolute atomic E-state index is 0.0145. The fourth-order valence-electron chi connectivity index (χ4n) is 1.61. The van der Waals surface area contributed by atoms with Crippen molar-refractivity contribution in [1.29, 1.82) is 0 Å². The van der Waals surface area contributed by atoms with Gasteiger partial charge in [0, 0.05) is 23.8 Å². The highest BCUT2D eigenvalue weighted by Gasteiger charge is 2.25. The van der Waals surface area contributed by atoms with Crippen molar-refractivity contribution in [3.8, 4) is 0 Å². The standard InChI is InChI=1S/C12H17ClN2O/c1-5-15(12(2,3)4)11(16)9-6-7-14-10(13)8-9/h6-8H,5H2,1-4H3. The van der Waals surface area contributed by atoms with Crippen molar-refractivity contribution in [1.82, 2.24) is 9.88 Å². The number of aromatic nitrogens is 1. The topological polar surface area (TPSA) is 33.2 Å². The Balaban J connectivity index is 3.01. The van der Waals surface area contributed by atoms with Crippen LogP contribution in [-0.2, 0) is 0 Å². The van der Waals surface area contributed by atoms with Gasteiger partial charge in [0.2, 0.25) is 0 Å². The zero-order valence-corrected chi connectivity index (χ0v) is 10.9. The first-order valence-corrected chi connectivity index (χ1v) is 5.67. The first kappa shape index (κ1) is 13.0. The highest BCUT2D eigenvalue weighted by molar-refractivity contribution is 6.29. The van der Waals surface area contributed by atoms with Crippen LogP contribution in [0.5, 0.6) is 0 Å². The minimum atomic E-state index is -0.193. The number of carbonyl (C=O) groups is 1. The molecule has 0 bridgehead atoms. The summed E-state index contributed by atoms with van der Waals surface area (Å²) in [5.41, 5.74) is 0.387. The van der Waals surface area contributed by atoms with Crippen LogP contribution in [0, 0.1) is 0 Å². The molecule has 0 aromatic carbocycles. The van der Waals surface area contributed by atoms with Crippen molar-refractivity contribution in [3.63, 3.8) is 0 Å². The van der Waals surface area contributed by atoms with E-state index in [1.807, 2.05) is 27.7 Å². The van der Waals surface area contributed by atoms with Crippen LogP contribution in [0.2, 0.25) is 5.15 Å². The smallest absolute Gasteiger partial charge is 0.254 e. The van der Waals surface area contributed by atoms with Gasteiger partial charge in [-0.25, -0.2) is 4.98 Å². The van der Waals surface area contributed by atoms with Crippen LogP contribution in [0.25, 0.3) is 0 Å². The van der Waals surface area contributed by atoms with E-state index >= 15 is 0 Å². The molecule has 0 radical (unpaired) electrons. The Morgan fingerprint density at radius 2 is 2.12 bits per heavy atom. The van der Waals surface area contributed by atoms with Crippen molar-refractivity contribution in [2.45, 2.75) is 33.2 Å². The van der Waals surface area contributed by atoms with Crippen molar-refractivity contribution in [2.24, 2.45) is 0 Å². The molecular weight excluding hydrogens is 224 g/mol. The van der Waals surface area contributed by atoms with Crippen LogP contribution in [0.4, 0.5) is 0 Å². The number of amides is 1. The van der Waals surface area contributed by atoms with Gasteiger partial charge in [0.25, 0.3) is 5.91 Å². The lowest BCUT2D eigenvalue weighted by atomic mass is 10.0. The number of halogens is 1. The summed E-state index contributed by atoms with van der Waals surface area (Å²) in [6.07, 6.45) is 1.55. The van der Waals surface area contributed by atoms with E-state index in [0.717, 1.165) is 0 Å². The summed E-state index contributed by atoms with van der Waals surface area (Å²) in [5.74, 6) is -0.0145. The lowest BCUT2D eigenvalue weighted by Crippen LogP contribution is -2.45. The molecule has 88 valence electrons. The third-order valence-electron chi connectivity index (χ3n) is 2.34. The molecule has 0 atom stereocenters. The predicted octanol–water partition coefficient (Wildman–Crippen LogP) is 3.00. The van der Waals surface area contributed by atoms with Gasteiger partial charge in [-0.3, -0.25) is 4.79 Å². The molecule has 0 aliphatic heterocycles. The van der Waals surface area contributed by atoms with Crippen LogP contribution >= 0.6 is 11.6 Å². The molecule has 0 aliphatic carbocycles.